The number of aromatic nitrogens is 3. The van der Waals surface area contributed by atoms with Crippen LogP contribution in [-0.2, 0) is 7.05 Å². The minimum Gasteiger partial charge on any atom is -0.494 e. The van der Waals surface area contributed by atoms with Crippen molar-refractivity contribution in [3.8, 4) is 5.75 Å². The lowest BCUT2D eigenvalue weighted by Crippen LogP contribution is -2.39. The van der Waals surface area contributed by atoms with Crippen LogP contribution >= 0.6 is 11.3 Å². The molecule has 0 radical (unpaired) electrons. The third-order valence-corrected chi connectivity index (χ3v) is 6.39. The van der Waals surface area contributed by atoms with Crippen LogP contribution in [0.15, 0.2) is 30.6 Å². The minimum atomic E-state index is 0.0359. The van der Waals surface area contributed by atoms with Gasteiger partial charge in [0.1, 0.15) is 11.3 Å². The largest absolute Gasteiger partial charge is 0.494 e. The molecule has 1 saturated heterocycles. The van der Waals surface area contributed by atoms with Gasteiger partial charge in [0.2, 0.25) is 0 Å². The Morgan fingerprint density at radius 1 is 1.36 bits per heavy atom. The zero-order chi connectivity index (χ0) is 19.7. The number of rotatable bonds is 5. The van der Waals surface area contributed by atoms with Crippen LogP contribution in [-0.4, -0.2) is 59.4 Å². The first kappa shape index (κ1) is 18.7. The first-order chi connectivity index (χ1) is 13.5. The molecule has 0 N–H and O–H groups in total. The number of hydrogen-bond acceptors (Lipinski definition) is 6. The van der Waals surface area contributed by atoms with Crippen LogP contribution in [0.1, 0.15) is 23.2 Å². The average Bonchev–Trinajstić information content (AvgIpc) is 3.34. The molecule has 4 rings (SSSR count). The van der Waals surface area contributed by atoms with Gasteiger partial charge in [-0.05, 0) is 30.9 Å². The molecule has 0 unspecified atom stereocenters. The molecule has 0 bridgehead atoms. The molecule has 0 saturated carbocycles. The summed E-state index contributed by atoms with van der Waals surface area (Å²) >= 11 is 1.71. The summed E-state index contributed by atoms with van der Waals surface area (Å²) in [6.45, 7) is 2.69. The van der Waals surface area contributed by atoms with Crippen molar-refractivity contribution in [2.75, 3.05) is 38.7 Å². The fourth-order valence-electron chi connectivity index (χ4n) is 3.74. The van der Waals surface area contributed by atoms with Gasteiger partial charge in [-0.1, -0.05) is 17.4 Å². The van der Waals surface area contributed by atoms with E-state index in [1.165, 1.54) is 0 Å². The lowest BCUT2D eigenvalue weighted by Gasteiger charge is -2.33. The maximum atomic E-state index is 12.5. The van der Waals surface area contributed by atoms with E-state index >= 15 is 0 Å². The number of hydrogen-bond donors (Lipinski definition) is 0. The van der Waals surface area contributed by atoms with Gasteiger partial charge < -0.3 is 14.5 Å². The zero-order valence-electron chi connectivity index (χ0n) is 16.5. The van der Waals surface area contributed by atoms with E-state index in [4.69, 9.17) is 9.72 Å². The Labute approximate surface area is 168 Å². The molecule has 1 fully saturated rings. The summed E-state index contributed by atoms with van der Waals surface area (Å²) in [5, 5.41) is 5.14. The van der Waals surface area contributed by atoms with Crippen LogP contribution in [0.4, 0.5) is 5.13 Å². The van der Waals surface area contributed by atoms with Gasteiger partial charge in [0.15, 0.2) is 5.13 Å². The lowest BCUT2D eigenvalue weighted by atomic mass is 9.96. The predicted molar refractivity (Wildman–Crippen MR) is 111 cm³/mol. The smallest absolute Gasteiger partial charge is 0.256 e. The van der Waals surface area contributed by atoms with E-state index in [-0.39, 0.29) is 5.91 Å². The lowest BCUT2D eigenvalue weighted by molar-refractivity contribution is 0.0765. The van der Waals surface area contributed by atoms with E-state index in [0.717, 1.165) is 53.6 Å². The van der Waals surface area contributed by atoms with Gasteiger partial charge in [0.25, 0.3) is 5.91 Å². The third-order valence-electron chi connectivity index (χ3n) is 5.31. The Bertz CT molecular complexity index is 974. The van der Waals surface area contributed by atoms with Crippen molar-refractivity contribution in [1.82, 2.24) is 19.7 Å². The molecule has 0 atom stereocenters. The molecule has 1 amide bonds. The Balaban J connectivity index is 1.36. The number of anilines is 1. The molecule has 1 aliphatic rings. The van der Waals surface area contributed by atoms with Gasteiger partial charge >= 0.3 is 0 Å². The molecule has 0 spiro atoms. The van der Waals surface area contributed by atoms with E-state index < -0.39 is 0 Å². The summed E-state index contributed by atoms with van der Waals surface area (Å²) in [7, 11) is 5.38. The summed E-state index contributed by atoms with van der Waals surface area (Å²) in [6.07, 6.45) is 5.50. The third kappa shape index (κ3) is 3.69. The summed E-state index contributed by atoms with van der Waals surface area (Å²) in [6, 6.07) is 6.04. The van der Waals surface area contributed by atoms with E-state index in [0.29, 0.717) is 11.5 Å². The Morgan fingerprint density at radius 2 is 2.14 bits per heavy atom. The summed E-state index contributed by atoms with van der Waals surface area (Å²) < 4.78 is 8.24. The topological polar surface area (TPSA) is 63.5 Å². The van der Waals surface area contributed by atoms with Crippen molar-refractivity contribution in [3.63, 3.8) is 0 Å². The number of nitrogens with zero attached hydrogens (tertiary/aromatic N) is 5. The molecule has 8 heteroatoms. The first-order valence-electron chi connectivity index (χ1n) is 9.47. The molecule has 1 aromatic carbocycles. The highest BCUT2D eigenvalue weighted by atomic mass is 32.1. The van der Waals surface area contributed by atoms with Gasteiger partial charge in [-0.15, -0.1) is 0 Å². The second-order valence-corrected chi connectivity index (χ2v) is 8.33. The van der Waals surface area contributed by atoms with Crippen molar-refractivity contribution < 1.29 is 9.53 Å². The molecule has 148 valence electrons. The van der Waals surface area contributed by atoms with Crippen LogP contribution in [0, 0.1) is 5.92 Å². The minimum absolute atomic E-state index is 0.0359. The van der Waals surface area contributed by atoms with Crippen LogP contribution in [0.2, 0.25) is 0 Å². The van der Waals surface area contributed by atoms with Crippen LogP contribution in [0.25, 0.3) is 10.2 Å². The fraction of sp³-hybridized carbons (Fsp3) is 0.450. The normalized spacial score (nSPS) is 15.2. The molecule has 7 nitrogen and oxygen atoms in total. The molecule has 28 heavy (non-hydrogen) atoms. The molecule has 0 aliphatic carbocycles. The molecular formula is C20H25N5O2S. The van der Waals surface area contributed by atoms with Gasteiger partial charge in [-0.3, -0.25) is 9.48 Å². The SMILES string of the molecule is COc1cccc2sc(N3CCC(CN(C)C(=O)c4cnn(C)c4)CC3)nc12. The quantitative estimate of drug-likeness (QED) is 0.660. The van der Waals surface area contributed by atoms with E-state index in [9.17, 15) is 4.79 Å². The Morgan fingerprint density at radius 3 is 2.82 bits per heavy atom. The molecule has 3 heterocycles. The number of carbonyl (C=O) groups is 1. The molecular weight excluding hydrogens is 374 g/mol. The van der Waals surface area contributed by atoms with Gasteiger partial charge in [0.05, 0.1) is 23.6 Å². The maximum absolute atomic E-state index is 12.5. The van der Waals surface area contributed by atoms with Gasteiger partial charge in [-0.25, -0.2) is 4.98 Å². The predicted octanol–water partition coefficient (Wildman–Crippen LogP) is 3.03. The number of benzene rings is 1. The number of methoxy groups -OCH3 is 1. The number of para-hydroxylation sites is 1. The second kappa shape index (κ2) is 7.79. The number of fused-ring (bicyclic) bond motifs is 1. The number of aryl methyl sites for hydroxylation is 1. The van der Waals surface area contributed by atoms with E-state index in [2.05, 4.69) is 16.1 Å². The number of carbonyl (C=O) groups excluding carboxylic acids is 1. The number of piperidine rings is 1. The average molecular weight is 400 g/mol. The Kier molecular flexibility index (Phi) is 5.21. The zero-order valence-corrected chi connectivity index (χ0v) is 17.3. The van der Waals surface area contributed by atoms with Crippen molar-refractivity contribution in [3.05, 3.63) is 36.2 Å². The highest BCUT2D eigenvalue weighted by Gasteiger charge is 2.25. The summed E-state index contributed by atoms with van der Waals surface area (Å²) in [5.41, 5.74) is 1.58. The van der Waals surface area contributed by atoms with E-state index in [1.807, 2.05) is 31.1 Å². The van der Waals surface area contributed by atoms with Crippen molar-refractivity contribution >= 4 is 32.6 Å². The van der Waals surface area contributed by atoms with Crippen LogP contribution in [0.5, 0.6) is 5.75 Å². The van der Waals surface area contributed by atoms with Crippen molar-refractivity contribution in [1.29, 1.82) is 0 Å². The first-order valence-corrected chi connectivity index (χ1v) is 10.3. The maximum Gasteiger partial charge on any atom is 0.256 e. The number of amides is 1. The second-order valence-electron chi connectivity index (χ2n) is 7.32. The molecule has 1 aliphatic heterocycles. The van der Waals surface area contributed by atoms with Gasteiger partial charge in [0, 0.05) is 39.9 Å². The van der Waals surface area contributed by atoms with Gasteiger partial charge in [-0.2, -0.15) is 5.10 Å². The van der Waals surface area contributed by atoms with E-state index in [1.54, 1.807) is 35.5 Å². The monoisotopic (exact) mass is 399 g/mol. The number of thiazole rings is 1. The highest BCUT2D eigenvalue weighted by Crippen LogP contribution is 2.35. The standard InChI is InChI=1S/C20H25N5O2S/c1-23(19(26)15-11-21-24(2)13-15)12-14-7-9-25(10-8-14)20-22-18-16(27-3)5-4-6-17(18)28-20/h4-6,11,13-14H,7-10,12H2,1-3H3. The number of ether oxygens (including phenoxy) is 1. The molecule has 3 aromatic rings. The van der Waals surface area contributed by atoms with Crippen LogP contribution < -0.4 is 9.64 Å². The Hall–Kier alpha value is -2.61. The van der Waals surface area contributed by atoms with Crippen LogP contribution in [0.3, 0.4) is 0 Å². The highest BCUT2D eigenvalue weighted by molar-refractivity contribution is 7.22. The van der Waals surface area contributed by atoms with Crippen molar-refractivity contribution in [2.45, 2.75) is 12.8 Å². The van der Waals surface area contributed by atoms with Crippen molar-refractivity contribution in [2.24, 2.45) is 13.0 Å². The summed E-state index contributed by atoms with van der Waals surface area (Å²) in [5.74, 6) is 1.37. The molecule has 2 aromatic heterocycles. The fourth-order valence-corrected chi connectivity index (χ4v) is 4.78. The summed E-state index contributed by atoms with van der Waals surface area (Å²) in [4.78, 5) is 21.5.